The number of amides is 2. The molecule has 27 heavy (non-hydrogen) atoms. The van der Waals surface area contributed by atoms with Crippen LogP contribution < -0.4 is 16.0 Å². The lowest BCUT2D eigenvalue weighted by atomic mass is 9.90. The molecule has 3 rings (SSSR count). The number of anilines is 2. The molecule has 0 unspecified atom stereocenters. The highest BCUT2D eigenvalue weighted by Crippen LogP contribution is 2.27. The molecule has 0 heterocycles. The summed E-state index contributed by atoms with van der Waals surface area (Å²) in [6.07, 6.45) is 4.54. The van der Waals surface area contributed by atoms with Crippen LogP contribution in [0.15, 0.2) is 36.4 Å². The maximum absolute atomic E-state index is 12.1. The summed E-state index contributed by atoms with van der Waals surface area (Å²) in [5.41, 5.74) is 5.14. The van der Waals surface area contributed by atoms with Gasteiger partial charge < -0.3 is 16.0 Å². The van der Waals surface area contributed by atoms with Crippen LogP contribution in [0.1, 0.15) is 29.5 Å². The zero-order valence-electron chi connectivity index (χ0n) is 15.4. The molecule has 0 saturated carbocycles. The van der Waals surface area contributed by atoms with Crippen LogP contribution in [-0.4, -0.2) is 24.9 Å². The van der Waals surface area contributed by atoms with Gasteiger partial charge in [-0.1, -0.05) is 29.8 Å². The van der Waals surface area contributed by atoms with Gasteiger partial charge in [-0.05, 0) is 67.5 Å². The second kappa shape index (κ2) is 8.91. The second-order valence-corrected chi connectivity index (χ2v) is 7.15. The number of aryl methyl sites for hydroxylation is 1. The van der Waals surface area contributed by atoms with Crippen LogP contribution in [0, 0.1) is 6.92 Å². The molecule has 2 aromatic rings. The molecule has 2 aromatic carbocycles. The van der Waals surface area contributed by atoms with Crippen LogP contribution in [0.3, 0.4) is 0 Å². The number of carbonyl (C=O) groups is 2. The van der Waals surface area contributed by atoms with E-state index in [1.54, 1.807) is 18.2 Å². The van der Waals surface area contributed by atoms with Crippen molar-refractivity contribution in [3.8, 4) is 0 Å². The summed E-state index contributed by atoms with van der Waals surface area (Å²) in [6, 6.07) is 11.5. The highest BCUT2D eigenvalue weighted by Gasteiger charge is 2.14. The minimum atomic E-state index is -0.286. The molecule has 5 nitrogen and oxygen atoms in total. The van der Waals surface area contributed by atoms with E-state index in [4.69, 9.17) is 11.6 Å². The maximum Gasteiger partial charge on any atom is 0.243 e. The summed E-state index contributed by atoms with van der Waals surface area (Å²) in [4.78, 5) is 24.1. The van der Waals surface area contributed by atoms with E-state index < -0.39 is 0 Å². The average molecular weight is 386 g/mol. The van der Waals surface area contributed by atoms with Gasteiger partial charge in [-0.25, -0.2) is 0 Å². The lowest BCUT2D eigenvalue weighted by molar-refractivity contribution is -0.122. The van der Waals surface area contributed by atoms with E-state index in [2.05, 4.69) is 22.0 Å². The number of halogens is 1. The monoisotopic (exact) mass is 385 g/mol. The summed E-state index contributed by atoms with van der Waals surface area (Å²) >= 11 is 6.05. The number of benzene rings is 2. The average Bonchev–Trinajstić information content (AvgIpc) is 2.68. The predicted molar refractivity (Wildman–Crippen MR) is 109 cm³/mol. The Morgan fingerprint density at radius 1 is 0.963 bits per heavy atom. The fourth-order valence-electron chi connectivity index (χ4n) is 3.30. The predicted octanol–water partition coefficient (Wildman–Crippen LogP) is 3.69. The third-order valence-electron chi connectivity index (χ3n) is 4.82. The zero-order chi connectivity index (χ0) is 19.2. The summed E-state index contributed by atoms with van der Waals surface area (Å²) in [5, 5.41) is 9.19. The largest absolute Gasteiger partial charge is 0.376 e. The smallest absolute Gasteiger partial charge is 0.243 e. The minimum absolute atomic E-state index is 0.0840. The van der Waals surface area contributed by atoms with E-state index in [1.807, 2.05) is 19.1 Å². The highest BCUT2D eigenvalue weighted by molar-refractivity contribution is 6.31. The molecule has 0 saturated heterocycles. The summed E-state index contributed by atoms with van der Waals surface area (Å²) in [6.45, 7) is 1.89. The van der Waals surface area contributed by atoms with Crippen molar-refractivity contribution in [3.63, 3.8) is 0 Å². The van der Waals surface area contributed by atoms with Gasteiger partial charge in [-0.15, -0.1) is 0 Å². The van der Waals surface area contributed by atoms with Gasteiger partial charge in [0.05, 0.1) is 13.1 Å². The van der Waals surface area contributed by atoms with Crippen LogP contribution in [-0.2, 0) is 22.4 Å². The molecule has 0 radical (unpaired) electrons. The summed E-state index contributed by atoms with van der Waals surface area (Å²) in [5.74, 6) is -0.507. The molecule has 0 spiro atoms. The van der Waals surface area contributed by atoms with E-state index in [0.29, 0.717) is 10.7 Å². The molecule has 1 aliphatic carbocycles. The van der Waals surface area contributed by atoms with Crippen LogP contribution >= 0.6 is 11.6 Å². The number of hydrogen-bond donors (Lipinski definition) is 3. The second-order valence-electron chi connectivity index (χ2n) is 6.74. The first-order valence-electron chi connectivity index (χ1n) is 9.21. The number of fused-ring (bicyclic) bond motifs is 1. The molecule has 0 atom stereocenters. The molecule has 0 aromatic heterocycles. The minimum Gasteiger partial charge on any atom is -0.376 e. The summed E-state index contributed by atoms with van der Waals surface area (Å²) in [7, 11) is 0. The highest BCUT2D eigenvalue weighted by atomic mass is 35.5. The summed E-state index contributed by atoms with van der Waals surface area (Å²) < 4.78 is 0. The van der Waals surface area contributed by atoms with Gasteiger partial charge in [-0.2, -0.15) is 0 Å². The van der Waals surface area contributed by atoms with Gasteiger partial charge in [0.1, 0.15) is 0 Å². The number of carbonyl (C=O) groups excluding carboxylic acids is 2. The number of nitrogens with one attached hydrogen (secondary N) is 3. The van der Waals surface area contributed by atoms with Gasteiger partial charge in [0.2, 0.25) is 11.8 Å². The van der Waals surface area contributed by atoms with Crippen LogP contribution in [0.2, 0.25) is 5.02 Å². The van der Waals surface area contributed by atoms with Gasteiger partial charge >= 0.3 is 0 Å². The fraction of sp³-hybridized carbons (Fsp3) is 0.333. The maximum atomic E-state index is 12.1. The third-order valence-corrected chi connectivity index (χ3v) is 5.23. The van der Waals surface area contributed by atoms with Crippen molar-refractivity contribution < 1.29 is 9.59 Å². The van der Waals surface area contributed by atoms with Crippen LogP contribution in [0.5, 0.6) is 0 Å². The van der Waals surface area contributed by atoms with E-state index >= 15 is 0 Å². The van der Waals surface area contributed by atoms with Gasteiger partial charge in [-0.3, -0.25) is 9.59 Å². The Morgan fingerprint density at radius 3 is 2.56 bits per heavy atom. The lowest BCUT2D eigenvalue weighted by Gasteiger charge is -2.20. The van der Waals surface area contributed by atoms with Crippen molar-refractivity contribution in [3.05, 3.63) is 58.1 Å². The fourth-order valence-corrected chi connectivity index (χ4v) is 3.48. The molecule has 142 valence electrons. The molecule has 3 N–H and O–H groups in total. The number of rotatable bonds is 6. The first kappa shape index (κ1) is 19.2. The molecule has 0 fully saturated rings. The van der Waals surface area contributed by atoms with Crippen molar-refractivity contribution in [2.45, 2.75) is 32.6 Å². The molecule has 1 aliphatic rings. The molecule has 0 bridgehead atoms. The lowest BCUT2D eigenvalue weighted by Crippen LogP contribution is -2.36. The van der Waals surface area contributed by atoms with Crippen molar-refractivity contribution in [2.24, 2.45) is 0 Å². The van der Waals surface area contributed by atoms with Crippen molar-refractivity contribution in [1.29, 1.82) is 0 Å². The Labute approximate surface area is 164 Å². The third kappa shape index (κ3) is 5.01. The first-order valence-corrected chi connectivity index (χ1v) is 9.58. The Morgan fingerprint density at radius 2 is 1.70 bits per heavy atom. The van der Waals surface area contributed by atoms with Crippen molar-refractivity contribution >= 4 is 34.8 Å². The molecule has 0 aliphatic heterocycles. The van der Waals surface area contributed by atoms with E-state index in [9.17, 15) is 9.59 Å². The van der Waals surface area contributed by atoms with Crippen LogP contribution in [0.4, 0.5) is 11.4 Å². The Kier molecular flexibility index (Phi) is 6.35. The van der Waals surface area contributed by atoms with E-state index in [1.165, 1.54) is 24.0 Å². The quantitative estimate of drug-likeness (QED) is 0.710. The van der Waals surface area contributed by atoms with Crippen molar-refractivity contribution in [2.75, 3.05) is 23.7 Å². The Hall–Kier alpha value is -2.53. The first-order chi connectivity index (χ1) is 13.0. The Balaban J connectivity index is 1.47. The molecular weight excluding hydrogens is 362 g/mol. The molecular formula is C21H24ClN3O2. The SMILES string of the molecule is Cc1c(Cl)cccc1NC(=O)CNC(=O)CNc1cccc2c1CCCC2. The number of hydrogen-bond acceptors (Lipinski definition) is 3. The van der Waals surface area contributed by atoms with Gasteiger partial charge in [0.25, 0.3) is 0 Å². The normalized spacial score (nSPS) is 12.8. The van der Waals surface area contributed by atoms with E-state index in [-0.39, 0.29) is 24.9 Å². The van der Waals surface area contributed by atoms with Gasteiger partial charge in [0, 0.05) is 16.4 Å². The molecule has 2 amide bonds. The van der Waals surface area contributed by atoms with E-state index in [0.717, 1.165) is 24.1 Å². The standard InChI is InChI=1S/C21H24ClN3O2/c1-14-17(22)9-5-10-18(14)25-21(27)13-24-20(26)12-23-19-11-4-7-15-6-2-3-8-16(15)19/h4-5,7,9-11,23H,2-3,6,8,12-13H2,1H3,(H,24,26)(H,25,27). The van der Waals surface area contributed by atoms with Gasteiger partial charge in [0.15, 0.2) is 0 Å². The zero-order valence-corrected chi connectivity index (χ0v) is 16.2. The molecule has 6 heteroatoms. The van der Waals surface area contributed by atoms with Crippen LogP contribution in [0.25, 0.3) is 0 Å². The topological polar surface area (TPSA) is 70.2 Å². The Bertz CT molecular complexity index is 851. The van der Waals surface area contributed by atoms with Crippen molar-refractivity contribution in [1.82, 2.24) is 5.32 Å².